The van der Waals surface area contributed by atoms with Gasteiger partial charge >= 0.3 is 5.97 Å². The average Bonchev–Trinajstić information content (AvgIpc) is 2.54. The molecule has 1 heterocycles. The zero-order valence-corrected chi connectivity index (χ0v) is 10.3. The molecular formula is C13H16O4. The summed E-state index contributed by atoms with van der Waals surface area (Å²) in [6, 6.07) is 0. The van der Waals surface area contributed by atoms with Crippen LogP contribution in [0.15, 0.2) is 4.42 Å². The highest BCUT2D eigenvalue weighted by Gasteiger charge is 2.33. The second-order valence-electron chi connectivity index (χ2n) is 4.49. The van der Waals surface area contributed by atoms with Crippen LogP contribution in [0.2, 0.25) is 0 Å². The van der Waals surface area contributed by atoms with Gasteiger partial charge < -0.3 is 9.15 Å². The molecule has 0 N–H and O–H groups in total. The summed E-state index contributed by atoms with van der Waals surface area (Å²) in [4.78, 5) is 23.8. The maximum absolute atomic E-state index is 12.0. The molecule has 1 aliphatic rings. The Morgan fingerprint density at radius 3 is 2.82 bits per heavy atom. The first-order valence-electron chi connectivity index (χ1n) is 5.87. The van der Waals surface area contributed by atoms with Gasteiger partial charge in [-0.2, -0.15) is 0 Å². The van der Waals surface area contributed by atoms with Crippen molar-refractivity contribution in [1.29, 1.82) is 0 Å². The SMILES string of the molecule is CCOC(=O)c1c(C)oc2c1C(=O)C[C@H](C)C2. The molecule has 92 valence electrons. The predicted molar refractivity (Wildman–Crippen MR) is 61.2 cm³/mol. The third-order valence-electron chi connectivity index (χ3n) is 2.98. The fraction of sp³-hybridized carbons (Fsp3) is 0.538. The van der Waals surface area contributed by atoms with Gasteiger partial charge in [-0.1, -0.05) is 6.92 Å². The lowest BCUT2D eigenvalue weighted by atomic mass is 9.87. The van der Waals surface area contributed by atoms with Gasteiger partial charge in [-0.15, -0.1) is 0 Å². The summed E-state index contributed by atoms with van der Waals surface area (Å²) in [7, 11) is 0. The highest BCUT2D eigenvalue weighted by Crippen LogP contribution is 2.32. The van der Waals surface area contributed by atoms with Crippen LogP contribution in [-0.2, 0) is 11.2 Å². The Bertz CT molecular complexity index is 470. The Morgan fingerprint density at radius 2 is 2.18 bits per heavy atom. The van der Waals surface area contributed by atoms with Crippen LogP contribution in [0.3, 0.4) is 0 Å². The third kappa shape index (κ3) is 1.99. The van der Waals surface area contributed by atoms with E-state index in [-0.39, 0.29) is 11.7 Å². The second kappa shape index (κ2) is 4.35. The number of rotatable bonds is 2. The molecule has 2 rings (SSSR count). The minimum atomic E-state index is -0.460. The van der Waals surface area contributed by atoms with Gasteiger partial charge in [0.25, 0.3) is 0 Å². The van der Waals surface area contributed by atoms with E-state index in [2.05, 4.69) is 0 Å². The average molecular weight is 236 g/mol. The van der Waals surface area contributed by atoms with Crippen molar-refractivity contribution in [2.45, 2.75) is 33.6 Å². The lowest BCUT2D eigenvalue weighted by Gasteiger charge is -2.16. The maximum Gasteiger partial charge on any atom is 0.342 e. The summed E-state index contributed by atoms with van der Waals surface area (Å²) in [5, 5.41) is 0. The summed E-state index contributed by atoms with van der Waals surface area (Å²) in [5.41, 5.74) is 0.762. The highest BCUT2D eigenvalue weighted by molar-refractivity contribution is 6.08. The molecule has 0 aromatic carbocycles. The summed E-state index contributed by atoms with van der Waals surface area (Å²) >= 11 is 0. The van der Waals surface area contributed by atoms with Gasteiger partial charge in [-0.3, -0.25) is 4.79 Å². The quantitative estimate of drug-likeness (QED) is 0.740. The van der Waals surface area contributed by atoms with Gasteiger partial charge in [0.2, 0.25) is 0 Å². The molecule has 0 fully saturated rings. The normalized spacial score (nSPS) is 19.0. The topological polar surface area (TPSA) is 56.5 Å². The lowest BCUT2D eigenvalue weighted by Crippen LogP contribution is -2.19. The van der Waals surface area contributed by atoms with Crippen LogP contribution in [0.1, 0.15) is 52.5 Å². The number of fused-ring (bicyclic) bond motifs is 1. The molecule has 4 heteroatoms. The number of esters is 1. The Balaban J connectivity index is 2.48. The number of hydrogen-bond acceptors (Lipinski definition) is 4. The molecule has 17 heavy (non-hydrogen) atoms. The van der Waals surface area contributed by atoms with E-state index in [0.29, 0.717) is 42.1 Å². The van der Waals surface area contributed by atoms with Crippen molar-refractivity contribution >= 4 is 11.8 Å². The molecule has 0 bridgehead atoms. The minimum absolute atomic E-state index is 0.0151. The molecule has 1 aromatic rings. The van der Waals surface area contributed by atoms with Crippen LogP contribution >= 0.6 is 0 Å². The van der Waals surface area contributed by atoms with E-state index in [9.17, 15) is 9.59 Å². The smallest absolute Gasteiger partial charge is 0.342 e. The molecule has 0 saturated heterocycles. The number of aryl methyl sites for hydroxylation is 1. The maximum atomic E-state index is 12.0. The summed E-state index contributed by atoms with van der Waals surface area (Å²) in [6.45, 7) is 5.73. The molecule has 1 aromatic heterocycles. The first-order chi connectivity index (χ1) is 8.04. The third-order valence-corrected chi connectivity index (χ3v) is 2.98. The zero-order chi connectivity index (χ0) is 12.6. The van der Waals surface area contributed by atoms with Crippen LogP contribution in [-0.4, -0.2) is 18.4 Å². The van der Waals surface area contributed by atoms with Gasteiger partial charge in [-0.05, 0) is 19.8 Å². The van der Waals surface area contributed by atoms with Crippen molar-refractivity contribution in [2.75, 3.05) is 6.61 Å². The summed E-state index contributed by atoms with van der Waals surface area (Å²) < 4.78 is 10.5. The van der Waals surface area contributed by atoms with Crippen LogP contribution in [0, 0.1) is 12.8 Å². The number of ketones is 1. The first kappa shape index (κ1) is 11.9. The van der Waals surface area contributed by atoms with Crippen LogP contribution in [0.5, 0.6) is 0 Å². The van der Waals surface area contributed by atoms with E-state index < -0.39 is 5.97 Å². The van der Waals surface area contributed by atoms with Crippen molar-refractivity contribution in [3.8, 4) is 0 Å². The number of carbonyl (C=O) groups is 2. The number of furan rings is 1. The van der Waals surface area contributed by atoms with Gasteiger partial charge in [0.05, 0.1) is 12.2 Å². The highest BCUT2D eigenvalue weighted by atomic mass is 16.5. The molecule has 4 nitrogen and oxygen atoms in total. The first-order valence-corrected chi connectivity index (χ1v) is 5.87. The molecule has 0 saturated carbocycles. The number of ether oxygens (including phenoxy) is 1. The fourth-order valence-electron chi connectivity index (χ4n) is 2.30. The van der Waals surface area contributed by atoms with E-state index >= 15 is 0 Å². The number of hydrogen-bond donors (Lipinski definition) is 0. The number of carbonyl (C=O) groups excluding carboxylic acids is 2. The van der Waals surface area contributed by atoms with Crippen molar-refractivity contribution in [1.82, 2.24) is 0 Å². The zero-order valence-electron chi connectivity index (χ0n) is 10.3. The summed E-state index contributed by atoms with van der Waals surface area (Å²) in [6.07, 6.45) is 1.18. The van der Waals surface area contributed by atoms with Crippen molar-refractivity contribution in [3.63, 3.8) is 0 Å². The van der Waals surface area contributed by atoms with E-state index in [1.807, 2.05) is 6.92 Å². The van der Waals surface area contributed by atoms with Crippen LogP contribution in [0.25, 0.3) is 0 Å². The second-order valence-corrected chi connectivity index (χ2v) is 4.49. The van der Waals surface area contributed by atoms with E-state index in [1.165, 1.54) is 0 Å². The Morgan fingerprint density at radius 1 is 1.47 bits per heavy atom. The molecular weight excluding hydrogens is 220 g/mol. The molecule has 1 atom stereocenters. The molecule has 0 radical (unpaired) electrons. The molecule has 0 spiro atoms. The summed E-state index contributed by atoms with van der Waals surface area (Å²) in [5.74, 6) is 0.914. The number of Topliss-reactive ketones (excluding diaryl/α,β-unsaturated/α-hetero) is 1. The van der Waals surface area contributed by atoms with Gasteiger partial charge in [-0.25, -0.2) is 4.79 Å². The van der Waals surface area contributed by atoms with E-state index in [0.717, 1.165) is 0 Å². The van der Waals surface area contributed by atoms with Crippen molar-refractivity contribution in [3.05, 3.63) is 22.6 Å². The standard InChI is InChI=1S/C13H16O4/c1-4-16-13(15)11-8(3)17-10-6-7(2)5-9(14)12(10)11/h7H,4-6H2,1-3H3/t7-/m0/s1. The molecule has 0 amide bonds. The molecule has 0 unspecified atom stereocenters. The predicted octanol–water partition coefficient (Wildman–Crippen LogP) is 2.53. The van der Waals surface area contributed by atoms with Gasteiger partial charge in [0, 0.05) is 12.8 Å². The van der Waals surface area contributed by atoms with Crippen LogP contribution in [0.4, 0.5) is 0 Å². The minimum Gasteiger partial charge on any atom is -0.465 e. The monoisotopic (exact) mass is 236 g/mol. The Kier molecular flexibility index (Phi) is 3.05. The van der Waals surface area contributed by atoms with Crippen LogP contribution < -0.4 is 0 Å². The molecule has 1 aliphatic carbocycles. The lowest BCUT2D eigenvalue weighted by molar-refractivity contribution is 0.0521. The van der Waals surface area contributed by atoms with E-state index in [1.54, 1.807) is 13.8 Å². The Hall–Kier alpha value is -1.58. The largest absolute Gasteiger partial charge is 0.465 e. The van der Waals surface area contributed by atoms with E-state index in [4.69, 9.17) is 9.15 Å². The van der Waals surface area contributed by atoms with Crippen molar-refractivity contribution in [2.24, 2.45) is 5.92 Å². The fourth-order valence-corrected chi connectivity index (χ4v) is 2.30. The van der Waals surface area contributed by atoms with Crippen molar-refractivity contribution < 1.29 is 18.7 Å². The Labute approximate surface area is 99.9 Å². The molecule has 0 aliphatic heterocycles. The van der Waals surface area contributed by atoms with Gasteiger partial charge in [0.1, 0.15) is 17.1 Å². The van der Waals surface area contributed by atoms with Gasteiger partial charge in [0.15, 0.2) is 5.78 Å².